The van der Waals surface area contributed by atoms with Gasteiger partial charge in [0.1, 0.15) is 0 Å². The second-order valence-corrected chi connectivity index (χ2v) is 3.90. The normalized spacial score (nSPS) is 12.9. The van der Waals surface area contributed by atoms with Gasteiger partial charge in [0, 0.05) is 11.9 Å². The van der Waals surface area contributed by atoms with E-state index in [9.17, 15) is 4.79 Å². The summed E-state index contributed by atoms with van der Waals surface area (Å²) < 4.78 is 0. The molecule has 2 N–H and O–H groups in total. The van der Waals surface area contributed by atoms with Crippen LogP contribution in [0.5, 0.6) is 0 Å². The highest BCUT2D eigenvalue weighted by Gasteiger charge is 2.06. The lowest BCUT2D eigenvalue weighted by Gasteiger charge is -2.06. The van der Waals surface area contributed by atoms with E-state index in [1.807, 2.05) is 6.92 Å². The molecule has 0 aliphatic heterocycles. The molecule has 0 heterocycles. The lowest BCUT2D eigenvalue weighted by atomic mass is 10.3. The van der Waals surface area contributed by atoms with Gasteiger partial charge in [0.05, 0.1) is 6.42 Å². The van der Waals surface area contributed by atoms with E-state index in [2.05, 4.69) is 0 Å². The first-order valence-electron chi connectivity index (χ1n) is 3.61. The monoisotopic (exact) mass is 178 g/mol. The average Bonchev–Trinajstić information content (AvgIpc) is 1.86. The summed E-state index contributed by atoms with van der Waals surface area (Å²) >= 11 is 1.59. The molecule has 0 aliphatic carbocycles. The minimum atomic E-state index is -0.756. The van der Waals surface area contributed by atoms with E-state index in [4.69, 9.17) is 10.2 Å². The minimum Gasteiger partial charge on any atom is -0.481 e. The minimum absolute atomic E-state index is 0.152. The maximum atomic E-state index is 10.2. The fraction of sp³-hybridized carbons (Fsp3) is 0.857. The Labute approximate surface area is 70.8 Å². The van der Waals surface area contributed by atoms with Gasteiger partial charge in [-0.3, -0.25) is 4.79 Å². The lowest BCUT2D eigenvalue weighted by Crippen LogP contribution is -2.06. The van der Waals surface area contributed by atoms with E-state index in [-0.39, 0.29) is 18.3 Å². The van der Waals surface area contributed by atoms with Gasteiger partial charge in [0.2, 0.25) is 0 Å². The van der Waals surface area contributed by atoms with E-state index < -0.39 is 5.97 Å². The Kier molecular flexibility index (Phi) is 6.36. The van der Waals surface area contributed by atoms with Crippen LogP contribution in [0.1, 0.15) is 19.8 Å². The molecule has 0 aromatic rings. The highest BCUT2D eigenvalue weighted by molar-refractivity contribution is 7.99. The van der Waals surface area contributed by atoms with E-state index in [0.717, 1.165) is 12.2 Å². The quantitative estimate of drug-likeness (QED) is 0.595. The number of carboxylic acids is 1. The summed E-state index contributed by atoms with van der Waals surface area (Å²) in [4.78, 5) is 10.2. The number of aliphatic carboxylic acids is 1. The second kappa shape index (κ2) is 6.49. The van der Waals surface area contributed by atoms with Gasteiger partial charge >= 0.3 is 5.97 Å². The number of hydrogen-bond acceptors (Lipinski definition) is 3. The molecule has 11 heavy (non-hydrogen) atoms. The molecule has 0 fully saturated rings. The summed E-state index contributed by atoms with van der Waals surface area (Å²) in [5, 5.41) is 17.0. The van der Waals surface area contributed by atoms with Crippen molar-refractivity contribution in [2.45, 2.75) is 25.0 Å². The van der Waals surface area contributed by atoms with Crippen LogP contribution in [0, 0.1) is 0 Å². The third-order valence-electron chi connectivity index (χ3n) is 1.17. The van der Waals surface area contributed by atoms with Crippen LogP contribution in [0.15, 0.2) is 0 Å². The van der Waals surface area contributed by atoms with Crippen molar-refractivity contribution < 1.29 is 15.0 Å². The van der Waals surface area contributed by atoms with Crippen molar-refractivity contribution in [1.82, 2.24) is 0 Å². The van der Waals surface area contributed by atoms with Gasteiger partial charge in [-0.1, -0.05) is 6.92 Å². The van der Waals surface area contributed by atoms with Gasteiger partial charge < -0.3 is 10.2 Å². The van der Waals surface area contributed by atoms with Crippen molar-refractivity contribution in [2.24, 2.45) is 0 Å². The summed E-state index contributed by atoms with van der Waals surface area (Å²) in [6.45, 7) is 2.07. The molecule has 0 saturated carbocycles. The van der Waals surface area contributed by atoms with Crippen molar-refractivity contribution in [3.05, 3.63) is 0 Å². The van der Waals surface area contributed by atoms with E-state index in [0.29, 0.717) is 0 Å². The third-order valence-corrected chi connectivity index (χ3v) is 2.43. The Morgan fingerprint density at radius 3 is 2.73 bits per heavy atom. The predicted molar refractivity (Wildman–Crippen MR) is 45.9 cm³/mol. The summed E-state index contributed by atoms with van der Waals surface area (Å²) in [5.41, 5.74) is 0. The molecule has 3 nitrogen and oxygen atoms in total. The SMILES string of the molecule is CC(CC(=O)O)SCCCO. The molecule has 0 bridgehead atoms. The molecule has 0 radical (unpaired) electrons. The van der Waals surface area contributed by atoms with Crippen molar-refractivity contribution in [3.8, 4) is 0 Å². The molecule has 1 unspecified atom stereocenters. The molecule has 1 atom stereocenters. The molecule has 0 aromatic carbocycles. The van der Waals surface area contributed by atoms with E-state index in [1.54, 1.807) is 11.8 Å². The zero-order valence-electron chi connectivity index (χ0n) is 6.62. The molecule has 0 saturated heterocycles. The molecule has 0 rings (SSSR count). The topological polar surface area (TPSA) is 57.5 Å². The first kappa shape index (κ1) is 10.8. The molecule has 0 spiro atoms. The molecule has 0 aliphatic rings. The fourth-order valence-corrected chi connectivity index (χ4v) is 1.61. The Morgan fingerprint density at radius 2 is 2.27 bits per heavy atom. The van der Waals surface area contributed by atoms with Crippen LogP contribution in [0.4, 0.5) is 0 Å². The van der Waals surface area contributed by atoms with E-state index >= 15 is 0 Å². The number of carbonyl (C=O) groups is 1. The summed E-state index contributed by atoms with van der Waals surface area (Å²) in [6.07, 6.45) is 0.949. The molecule has 66 valence electrons. The predicted octanol–water partition coefficient (Wildman–Crippen LogP) is 0.965. The van der Waals surface area contributed by atoms with Crippen LogP contribution < -0.4 is 0 Å². The highest BCUT2D eigenvalue weighted by Crippen LogP contribution is 2.14. The molecule has 4 heteroatoms. The molecule has 0 aromatic heterocycles. The van der Waals surface area contributed by atoms with Gasteiger partial charge in [0.25, 0.3) is 0 Å². The Hall–Kier alpha value is -0.220. The first-order valence-corrected chi connectivity index (χ1v) is 4.66. The number of thioether (sulfide) groups is 1. The fourth-order valence-electron chi connectivity index (χ4n) is 0.654. The van der Waals surface area contributed by atoms with E-state index in [1.165, 1.54) is 0 Å². The number of aliphatic hydroxyl groups is 1. The smallest absolute Gasteiger partial charge is 0.304 e. The summed E-state index contributed by atoms with van der Waals surface area (Å²) in [5.74, 6) is 0.0827. The zero-order valence-corrected chi connectivity index (χ0v) is 7.43. The van der Waals surface area contributed by atoms with Crippen LogP contribution in [0.3, 0.4) is 0 Å². The Balaban J connectivity index is 3.22. The maximum absolute atomic E-state index is 10.2. The summed E-state index contributed by atoms with van der Waals surface area (Å²) in [6, 6.07) is 0. The third kappa shape index (κ3) is 7.68. The largest absolute Gasteiger partial charge is 0.481 e. The Morgan fingerprint density at radius 1 is 1.64 bits per heavy atom. The van der Waals surface area contributed by atoms with Gasteiger partial charge in [-0.05, 0) is 12.2 Å². The van der Waals surface area contributed by atoms with Crippen LogP contribution >= 0.6 is 11.8 Å². The van der Waals surface area contributed by atoms with Gasteiger partial charge in [0.15, 0.2) is 0 Å². The molecule has 0 amide bonds. The van der Waals surface area contributed by atoms with Gasteiger partial charge in [-0.2, -0.15) is 11.8 Å². The standard InChI is InChI=1S/C7H14O3S/c1-6(5-7(9)10)11-4-2-3-8/h6,8H,2-5H2,1H3,(H,9,10). The van der Waals surface area contributed by atoms with Crippen molar-refractivity contribution in [1.29, 1.82) is 0 Å². The number of carboxylic acid groups (broad SMARTS) is 1. The van der Waals surface area contributed by atoms with Crippen molar-refractivity contribution >= 4 is 17.7 Å². The number of aliphatic hydroxyl groups excluding tert-OH is 1. The van der Waals surface area contributed by atoms with Crippen LogP contribution in [-0.2, 0) is 4.79 Å². The highest BCUT2D eigenvalue weighted by atomic mass is 32.2. The van der Waals surface area contributed by atoms with Crippen LogP contribution in [0.2, 0.25) is 0 Å². The number of hydrogen-bond donors (Lipinski definition) is 2. The molecular formula is C7H14O3S. The van der Waals surface area contributed by atoms with Crippen LogP contribution in [-0.4, -0.2) is 33.8 Å². The maximum Gasteiger partial charge on any atom is 0.304 e. The van der Waals surface area contributed by atoms with Gasteiger partial charge in [-0.25, -0.2) is 0 Å². The molecular weight excluding hydrogens is 164 g/mol. The number of rotatable bonds is 6. The lowest BCUT2D eigenvalue weighted by molar-refractivity contribution is -0.136. The average molecular weight is 178 g/mol. The van der Waals surface area contributed by atoms with Crippen LogP contribution in [0.25, 0.3) is 0 Å². The first-order chi connectivity index (χ1) is 5.16. The van der Waals surface area contributed by atoms with Gasteiger partial charge in [-0.15, -0.1) is 0 Å². The second-order valence-electron chi connectivity index (χ2n) is 2.36. The Bertz CT molecular complexity index is 116. The zero-order chi connectivity index (χ0) is 8.69. The summed E-state index contributed by atoms with van der Waals surface area (Å²) in [7, 11) is 0. The van der Waals surface area contributed by atoms with Crippen molar-refractivity contribution in [2.75, 3.05) is 12.4 Å². The van der Waals surface area contributed by atoms with Crippen molar-refractivity contribution in [3.63, 3.8) is 0 Å².